The Morgan fingerprint density at radius 1 is 1.35 bits per heavy atom. The summed E-state index contributed by atoms with van der Waals surface area (Å²) in [7, 11) is 1.84. The lowest BCUT2D eigenvalue weighted by Crippen LogP contribution is -2.31. The van der Waals surface area contributed by atoms with Crippen molar-refractivity contribution < 1.29 is 4.79 Å². The van der Waals surface area contributed by atoms with Gasteiger partial charge in [0.05, 0.1) is 11.4 Å². The number of hydrogen-bond acceptors (Lipinski definition) is 4. The zero-order valence-electron chi connectivity index (χ0n) is 13.2. The lowest BCUT2D eigenvalue weighted by Gasteiger charge is -2.08. The second-order valence-corrected chi connectivity index (χ2v) is 5.32. The van der Waals surface area contributed by atoms with Crippen LogP contribution >= 0.6 is 24.0 Å². The Balaban J connectivity index is 0.00000264. The predicted octanol–water partition coefficient (Wildman–Crippen LogP) is 2.24. The Labute approximate surface area is 147 Å². The highest BCUT2D eigenvalue weighted by atomic mass is 35.5. The van der Waals surface area contributed by atoms with Gasteiger partial charge in [-0.1, -0.05) is 36.2 Å². The van der Waals surface area contributed by atoms with Crippen molar-refractivity contribution >= 4 is 29.9 Å². The van der Waals surface area contributed by atoms with Crippen molar-refractivity contribution in [2.75, 3.05) is 20.1 Å². The number of halogens is 2. The standard InChI is InChI=1S/C15H20ClN5O.ClH/c1-3-5-13-14(15(22)18-9-8-17-2)19-20-21(13)12-7-4-6-11(16)10-12;/h4,6-7,10,17H,3,5,8-9H2,1-2H3,(H,18,22);1H. The van der Waals surface area contributed by atoms with E-state index in [2.05, 4.69) is 27.9 Å². The van der Waals surface area contributed by atoms with Crippen LogP contribution < -0.4 is 10.6 Å². The van der Waals surface area contributed by atoms with Crippen molar-refractivity contribution in [2.45, 2.75) is 19.8 Å². The summed E-state index contributed by atoms with van der Waals surface area (Å²) in [5.74, 6) is -0.202. The molecule has 2 aromatic rings. The molecule has 0 atom stereocenters. The van der Waals surface area contributed by atoms with Gasteiger partial charge in [0.15, 0.2) is 5.69 Å². The van der Waals surface area contributed by atoms with Gasteiger partial charge >= 0.3 is 0 Å². The summed E-state index contributed by atoms with van der Waals surface area (Å²) < 4.78 is 1.68. The number of aromatic nitrogens is 3. The molecule has 1 aromatic carbocycles. The minimum Gasteiger partial charge on any atom is -0.349 e. The third kappa shape index (κ3) is 4.92. The molecule has 0 fully saturated rings. The average Bonchev–Trinajstić information content (AvgIpc) is 2.91. The Bertz CT molecular complexity index is 645. The van der Waals surface area contributed by atoms with Gasteiger partial charge in [0.2, 0.25) is 0 Å². The summed E-state index contributed by atoms with van der Waals surface area (Å²) in [6.07, 6.45) is 1.61. The maximum atomic E-state index is 12.2. The number of likely N-dealkylation sites (N-methyl/N-ethyl adjacent to an activating group) is 1. The zero-order chi connectivity index (χ0) is 15.9. The van der Waals surface area contributed by atoms with Crippen molar-refractivity contribution in [3.8, 4) is 5.69 Å². The van der Waals surface area contributed by atoms with E-state index in [1.165, 1.54) is 0 Å². The van der Waals surface area contributed by atoms with Gasteiger partial charge in [0, 0.05) is 18.1 Å². The van der Waals surface area contributed by atoms with Crippen LogP contribution in [-0.4, -0.2) is 41.0 Å². The second-order valence-electron chi connectivity index (χ2n) is 4.89. The Morgan fingerprint density at radius 3 is 2.78 bits per heavy atom. The number of hydrogen-bond donors (Lipinski definition) is 2. The fraction of sp³-hybridized carbons (Fsp3) is 0.400. The second kappa shape index (κ2) is 9.50. The first-order chi connectivity index (χ1) is 10.7. The normalized spacial score (nSPS) is 10.2. The number of nitrogens with zero attached hydrogens (tertiary/aromatic N) is 3. The van der Waals surface area contributed by atoms with Crippen LogP contribution in [-0.2, 0) is 6.42 Å². The van der Waals surface area contributed by atoms with Gasteiger partial charge in [0.1, 0.15) is 0 Å². The summed E-state index contributed by atoms with van der Waals surface area (Å²) in [6, 6.07) is 7.34. The molecule has 6 nitrogen and oxygen atoms in total. The van der Waals surface area contributed by atoms with E-state index < -0.39 is 0 Å². The molecular weight excluding hydrogens is 337 g/mol. The van der Waals surface area contributed by atoms with E-state index in [4.69, 9.17) is 11.6 Å². The molecular formula is C15H21Cl2N5O. The largest absolute Gasteiger partial charge is 0.349 e. The van der Waals surface area contributed by atoms with Crippen LogP contribution in [0.5, 0.6) is 0 Å². The van der Waals surface area contributed by atoms with Crippen LogP contribution in [0.1, 0.15) is 29.5 Å². The number of amides is 1. The van der Waals surface area contributed by atoms with Crippen LogP contribution in [0, 0.1) is 0 Å². The maximum Gasteiger partial charge on any atom is 0.273 e. The summed E-state index contributed by atoms with van der Waals surface area (Å²) in [5.41, 5.74) is 1.97. The Kier molecular flexibility index (Phi) is 8.02. The quantitative estimate of drug-likeness (QED) is 0.745. The molecule has 0 radical (unpaired) electrons. The Morgan fingerprint density at radius 2 is 2.13 bits per heavy atom. The van der Waals surface area contributed by atoms with E-state index >= 15 is 0 Å². The van der Waals surface area contributed by atoms with Gasteiger partial charge in [0.25, 0.3) is 5.91 Å². The van der Waals surface area contributed by atoms with Crippen LogP contribution in [0.15, 0.2) is 24.3 Å². The SMILES string of the molecule is CCCc1c(C(=O)NCCNC)nnn1-c1cccc(Cl)c1.Cl. The third-order valence-corrected chi connectivity index (χ3v) is 3.41. The highest BCUT2D eigenvalue weighted by Gasteiger charge is 2.19. The number of carbonyl (C=O) groups is 1. The van der Waals surface area contributed by atoms with E-state index in [1.54, 1.807) is 16.8 Å². The van der Waals surface area contributed by atoms with Crippen molar-refractivity contribution in [3.63, 3.8) is 0 Å². The third-order valence-electron chi connectivity index (χ3n) is 3.18. The van der Waals surface area contributed by atoms with Gasteiger partial charge in [-0.3, -0.25) is 4.79 Å². The first-order valence-electron chi connectivity index (χ1n) is 7.30. The number of benzene rings is 1. The summed E-state index contributed by atoms with van der Waals surface area (Å²) in [6.45, 7) is 3.31. The van der Waals surface area contributed by atoms with Gasteiger partial charge in [-0.15, -0.1) is 17.5 Å². The molecule has 0 bridgehead atoms. The van der Waals surface area contributed by atoms with Crippen molar-refractivity contribution in [2.24, 2.45) is 0 Å². The number of carbonyl (C=O) groups excluding carboxylic acids is 1. The van der Waals surface area contributed by atoms with E-state index in [0.29, 0.717) is 30.2 Å². The fourth-order valence-electron chi connectivity index (χ4n) is 2.14. The van der Waals surface area contributed by atoms with E-state index in [-0.39, 0.29) is 18.3 Å². The molecule has 0 aliphatic carbocycles. The van der Waals surface area contributed by atoms with Gasteiger partial charge in [-0.2, -0.15) is 0 Å². The first kappa shape index (κ1) is 19.4. The molecule has 23 heavy (non-hydrogen) atoms. The number of rotatable bonds is 7. The van der Waals surface area contributed by atoms with Crippen molar-refractivity contribution in [1.29, 1.82) is 0 Å². The molecule has 0 saturated heterocycles. The monoisotopic (exact) mass is 357 g/mol. The van der Waals surface area contributed by atoms with Crippen molar-refractivity contribution in [3.05, 3.63) is 40.7 Å². The maximum absolute atomic E-state index is 12.2. The fourth-order valence-corrected chi connectivity index (χ4v) is 2.32. The zero-order valence-corrected chi connectivity index (χ0v) is 14.7. The molecule has 1 amide bonds. The molecule has 0 unspecified atom stereocenters. The van der Waals surface area contributed by atoms with Crippen LogP contribution in [0.4, 0.5) is 0 Å². The lowest BCUT2D eigenvalue weighted by atomic mass is 10.2. The Hall–Kier alpha value is -1.63. The summed E-state index contributed by atoms with van der Waals surface area (Å²) >= 11 is 6.03. The molecule has 0 aliphatic rings. The van der Waals surface area contributed by atoms with Crippen LogP contribution in [0.2, 0.25) is 5.02 Å². The predicted molar refractivity (Wildman–Crippen MR) is 93.9 cm³/mol. The highest BCUT2D eigenvalue weighted by molar-refractivity contribution is 6.30. The molecule has 0 saturated carbocycles. The molecule has 8 heteroatoms. The molecule has 2 N–H and O–H groups in total. The average molecular weight is 358 g/mol. The van der Waals surface area contributed by atoms with Gasteiger partial charge in [-0.05, 0) is 31.7 Å². The topological polar surface area (TPSA) is 71.8 Å². The highest BCUT2D eigenvalue weighted by Crippen LogP contribution is 2.18. The molecule has 0 aliphatic heterocycles. The smallest absolute Gasteiger partial charge is 0.273 e. The van der Waals surface area contributed by atoms with Gasteiger partial charge < -0.3 is 10.6 Å². The summed E-state index contributed by atoms with van der Waals surface area (Å²) in [4.78, 5) is 12.2. The molecule has 126 valence electrons. The van der Waals surface area contributed by atoms with Gasteiger partial charge in [-0.25, -0.2) is 4.68 Å². The summed E-state index contributed by atoms with van der Waals surface area (Å²) in [5, 5.41) is 14.6. The van der Waals surface area contributed by atoms with E-state index in [9.17, 15) is 4.79 Å². The van der Waals surface area contributed by atoms with Crippen LogP contribution in [0.25, 0.3) is 5.69 Å². The minimum absolute atomic E-state index is 0. The lowest BCUT2D eigenvalue weighted by molar-refractivity contribution is 0.0948. The van der Waals surface area contributed by atoms with E-state index in [0.717, 1.165) is 17.8 Å². The van der Waals surface area contributed by atoms with E-state index in [1.807, 2.05) is 19.2 Å². The molecule has 2 rings (SSSR count). The first-order valence-corrected chi connectivity index (χ1v) is 7.68. The molecule has 0 spiro atoms. The molecule has 1 aromatic heterocycles. The van der Waals surface area contributed by atoms with Crippen LogP contribution in [0.3, 0.4) is 0 Å². The minimum atomic E-state index is -0.202. The number of nitrogens with one attached hydrogen (secondary N) is 2. The molecule has 1 heterocycles. The van der Waals surface area contributed by atoms with Crippen molar-refractivity contribution in [1.82, 2.24) is 25.6 Å².